The van der Waals surface area contributed by atoms with E-state index in [2.05, 4.69) is 10.9 Å². The molecule has 1 aliphatic rings. The van der Waals surface area contributed by atoms with Crippen molar-refractivity contribution < 1.29 is 42.9 Å². The Morgan fingerprint density at radius 3 is 2.39 bits per heavy atom. The first kappa shape index (κ1) is 26.4. The average Bonchev–Trinajstić information content (AvgIpc) is 3.32. The summed E-state index contributed by atoms with van der Waals surface area (Å²) in [5.41, 5.74) is -3.30. The number of carbonyl (C=O) groups excluding carboxylic acids is 4. The number of ketones is 1. The maximum Gasteiger partial charge on any atom is 0.346 e. The van der Waals surface area contributed by atoms with Crippen LogP contribution in [-0.2, 0) is 49.3 Å². The van der Waals surface area contributed by atoms with Crippen molar-refractivity contribution in [3.8, 4) is 12.3 Å². The molecule has 10 nitrogen and oxygen atoms in total. The van der Waals surface area contributed by atoms with Crippen molar-refractivity contribution in [2.24, 2.45) is 5.41 Å². The Hall–Kier alpha value is -2.81. The van der Waals surface area contributed by atoms with Crippen LogP contribution in [0.25, 0.3) is 0 Å². The van der Waals surface area contributed by atoms with Crippen LogP contribution in [0, 0.1) is 17.8 Å². The van der Waals surface area contributed by atoms with Crippen LogP contribution in [0.2, 0.25) is 0 Å². The summed E-state index contributed by atoms with van der Waals surface area (Å²) in [7, 11) is 0. The smallest absolute Gasteiger partial charge is 0.346 e. The van der Waals surface area contributed by atoms with E-state index < -0.39 is 53.2 Å². The monoisotopic (exact) mass is 481 g/mol. The summed E-state index contributed by atoms with van der Waals surface area (Å²) in [4.78, 5) is 52.9. The Labute approximate surface area is 195 Å². The van der Waals surface area contributed by atoms with Crippen LogP contribution >= 0.6 is 11.3 Å². The highest BCUT2D eigenvalue weighted by molar-refractivity contribution is 7.09. The van der Waals surface area contributed by atoms with E-state index in [-0.39, 0.29) is 19.6 Å². The molecule has 0 radical (unpaired) electrons. The van der Waals surface area contributed by atoms with Gasteiger partial charge in [0.05, 0.1) is 23.6 Å². The van der Waals surface area contributed by atoms with E-state index in [4.69, 9.17) is 30.1 Å². The van der Waals surface area contributed by atoms with Crippen molar-refractivity contribution in [2.75, 3.05) is 13.2 Å². The molecule has 33 heavy (non-hydrogen) atoms. The van der Waals surface area contributed by atoms with E-state index in [1.54, 1.807) is 25.4 Å². The highest BCUT2D eigenvalue weighted by Crippen LogP contribution is 2.42. The van der Waals surface area contributed by atoms with Crippen LogP contribution < -0.4 is 0 Å². The zero-order valence-corrected chi connectivity index (χ0v) is 19.9. The Kier molecular flexibility index (Phi) is 8.71. The molecular formula is C22H27NO9S. The number of terminal acetylenes is 1. The van der Waals surface area contributed by atoms with E-state index in [0.717, 1.165) is 0 Å². The standard InChI is InChI=1S/C22H27NO9S/c1-7-21(6)16(32-19(31-15(5)26)18(21)30-14(4)25)12-29-22(13(3)24,20(27)28-8-2)11-17-23-9-10-33-17/h1,9-10,16,18-19H,8,11-12H2,2-6H3/t16-,18+,19?,21+,22?/m1/s1. The lowest BCUT2D eigenvalue weighted by Gasteiger charge is -2.33. The quantitative estimate of drug-likeness (QED) is 0.210. The van der Waals surface area contributed by atoms with Gasteiger partial charge < -0.3 is 23.7 Å². The van der Waals surface area contributed by atoms with Crippen molar-refractivity contribution in [3.05, 3.63) is 16.6 Å². The lowest BCUT2D eigenvalue weighted by Crippen LogP contribution is -2.53. The predicted molar refractivity (Wildman–Crippen MR) is 115 cm³/mol. The van der Waals surface area contributed by atoms with Gasteiger partial charge >= 0.3 is 17.9 Å². The third kappa shape index (κ3) is 5.76. The maximum absolute atomic E-state index is 12.9. The number of ether oxygens (including phenoxy) is 5. The van der Waals surface area contributed by atoms with Crippen molar-refractivity contribution in [1.82, 2.24) is 4.98 Å². The summed E-state index contributed by atoms with van der Waals surface area (Å²) in [5.74, 6) is -0.267. The first-order chi connectivity index (χ1) is 15.5. The van der Waals surface area contributed by atoms with Crippen molar-refractivity contribution >= 4 is 35.0 Å². The van der Waals surface area contributed by atoms with Gasteiger partial charge in [0, 0.05) is 31.8 Å². The van der Waals surface area contributed by atoms with Gasteiger partial charge in [0.15, 0.2) is 11.9 Å². The number of rotatable bonds is 10. The number of thiazole rings is 1. The van der Waals surface area contributed by atoms with Crippen LogP contribution in [0.1, 0.15) is 39.6 Å². The summed E-state index contributed by atoms with van der Waals surface area (Å²) in [6.07, 6.45) is 3.71. The second-order valence-corrected chi connectivity index (χ2v) is 8.56. The lowest BCUT2D eigenvalue weighted by molar-refractivity contribution is -0.201. The molecule has 0 N–H and O–H groups in total. The number of esters is 3. The second-order valence-electron chi connectivity index (χ2n) is 7.58. The van der Waals surface area contributed by atoms with E-state index in [1.807, 2.05) is 0 Å². The van der Waals surface area contributed by atoms with E-state index >= 15 is 0 Å². The molecule has 180 valence electrons. The molecule has 1 aliphatic heterocycles. The van der Waals surface area contributed by atoms with Gasteiger partial charge in [0.1, 0.15) is 6.10 Å². The van der Waals surface area contributed by atoms with Gasteiger partial charge in [0.25, 0.3) is 0 Å². The molecule has 1 aromatic rings. The van der Waals surface area contributed by atoms with Crippen LogP contribution in [0.5, 0.6) is 0 Å². The topological polar surface area (TPSA) is 127 Å². The number of hydrogen-bond donors (Lipinski definition) is 0. The fourth-order valence-corrected chi connectivity index (χ4v) is 4.10. The molecule has 0 bridgehead atoms. The molecule has 5 atom stereocenters. The third-order valence-electron chi connectivity index (χ3n) is 5.23. The molecule has 2 rings (SSSR count). The first-order valence-corrected chi connectivity index (χ1v) is 11.1. The summed E-state index contributed by atoms with van der Waals surface area (Å²) in [6, 6.07) is 0. The van der Waals surface area contributed by atoms with E-state index in [0.29, 0.717) is 5.01 Å². The van der Waals surface area contributed by atoms with Crippen molar-refractivity contribution in [2.45, 2.75) is 65.1 Å². The molecule has 2 heterocycles. The SMILES string of the molecule is C#C[C@@]1(C)[C@@H](COC(Cc2nccs2)(C(C)=O)C(=O)OCC)OC(OC(C)=O)[C@@H]1OC(C)=O. The van der Waals surface area contributed by atoms with Crippen molar-refractivity contribution in [3.63, 3.8) is 0 Å². The fraction of sp³-hybridized carbons (Fsp3) is 0.591. The molecule has 1 aromatic heterocycles. The second kappa shape index (κ2) is 10.9. The molecule has 11 heteroatoms. The molecule has 0 aromatic carbocycles. The Morgan fingerprint density at radius 2 is 1.91 bits per heavy atom. The normalized spacial score (nSPS) is 26.0. The Bertz CT molecular complexity index is 925. The Morgan fingerprint density at radius 1 is 1.24 bits per heavy atom. The highest BCUT2D eigenvalue weighted by Gasteiger charge is 2.58. The van der Waals surface area contributed by atoms with E-state index in [9.17, 15) is 19.2 Å². The molecule has 1 saturated heterocycles. The molecule has 0 aliphatic carbocycles. The lowest BCUT2D eigenvalue weighted by atomic mass is 9.81. The fourth-order valence-electron chi connectivity index (χ4n) is 3.41. The highest BCUT2D eigenvalue weighted by atomic mass is 32.1. The van der Waals surface area contributed by atoms with Crippen LogP contribution in [0.15, 0.2) is 11.6 Å². The average molecular weight is 482 g/mol. The minimum Gasteiger partial charge on any atom is -0.463 e. The summed E-state index contributed by atoms with van der Waals surface area (Å²) in [5, 5.41) is 2.19. The maximum atomic E-state index is 12.9. The van der Waals surface area contributed by atoms with E-state index in [1.165, 1.54) is 32.1 Å². The Balaban J connectivity index is 2.38. The van der Waals surface area contributed by atoms with Crippen LogP contribution in [0.3, 0.4) is 0 Å². The number of carbonyl (C=O) groups is 4. The number of Topliss-reactive ketones (excluding diaryl/α,β-unsaturated/α-hetero) is 1. The summed E-state index contributed by atoms with van der Waals surface area (Å²) < 4.78 is 27.3. The zero-order chi connectivity index (χ0) is 24.8. The number of aromatic nitrogens is 1. The summed E-state index contributed by atoms with van der Waals surface area (Å²) >= 11 is 1.25. The molecule has 2 unspecified atom stereocenters. The van der Waals surface area contributed by atoms with Crippen LogP contribution in [0.4, 0.5) is 0 Å². The van der Waals surface area contributed by atoms with Gasteiger partial charge in [-0.05, 0) is 20.8 Å². The zero-order valence-electron chi connectivity index (χ0n) is 19.1. The van der Waals surface area contributed by atoms with Gasteiger partial charge in [-0.25, -0.2) is 9.78 Å². The molecule has 0 spiro atoms. The number of hydrogen-bond acceptors (Lipinski definition) is 11. The van der Waals surface area contributed by atoms with Gasteiger partial charge in [0.2, 0.25) is 11.9 Å². The first-order valence-electron chi connectivity index (χ1n) is 10.2. The third-order valence-corrected chi connectivity index (χ3v) is 6.01. The minimum atomic E-state index is -2.00. The van der Waals surface area contributed by atoms with Gasteiger partial charge in [-0.3, -0.25) is 14.4 Å². The van der Waals surface area contributed by atoms with Crippen LogP contribution in [-0.4, -0.2) is 66.0 Å². The number of nitrogens with zero attached hydrogens (tertiary/aromatic N) is 1. The predicted octanol–water partition coefficient (Wildman–Crippen LogP) is 1.45. The molecule has 0 saturated carbocycles. The molecular weight excluding hydrogens is 454 g/mol. The molecule has 0 amide bonds. The summed E-state index contributed by atoms with van der Waals surface area (Å²) in [6.45, 7) is 6.40. The van der Waals surface area contributed by atoms with Crippen molar-refractivity contribution in [1.29, 1.82) is 0 Å². The van der Waals surface area contributed by atoms with Gasteiger partial charge in [-0.1, -0.05) is 5.92 Å². The minimum absolute atomic E-state index is 0.0279. The molecule has 1 fully saturated rings. The van der Waals surface area contributed by atoms with Gasteiger partial charge in [-0.2, -0.15) is 0 Å². The largest absolute Gasteiger partial charge is 0.463 e. The van der Waals surface area contributed by atoms with Gasteiger partial charge in [-0.15, -0.1) is 17.8 Å².